The molecule has 0 amide bonds. The lowest BCUT2D eigenvalue weighted by molar-refractivity contribution is 0.223. The number of methoxy groups -OCH3 is 1. The van der Waals surface area contributed by atoms with Gasteiger partial charge in [-0.15, -0.1) is 24.0 Å². The Labute approximate surface area is 200 Å². The van der Waals surface area contributed by atoms with Crippen LogP contribution < -0.4 is 20.1 Å². The molecule has 0 bridgehead atoms. The first-order valence-corrected chi connectivity index (χ1v) is 9.81. The van der Waals surface area contributed by atoms with Crippen molar-refractivity contribution in [3.63, 3.8) is 0 Å². The first-order chi connectivity index (χ1) is 14.7. The smallest absolute Gasteiger partial charge is 0.191 e. The fourth-order valence-electron chi connectivity index (χ4n) is 2.93. The van der Waals surface area contributed by atoms with Gasteiger partial charge in [0.25, 0.3) is 0 Å². The van der Waals surface area contributed by atoms with Crippen molar-refractivity contribution in [1.29, 1.82) is 0 Å². The van der Waals surface area contributed by atoms with Crippen molar-refractivity contribution in [2.45, 2.75) is 26.1 Å². The number of benzene rings is 2. The van der Waals surface area contributed by atoms with Crippen LogP contribution in [-0.4, -0.2) is 47.5 Å². The van der Waals surface area contributed by atoms with Gasteiger partial charge in [-0.05, 0) is 30.2 Å². The summed E-state index contributed by atoms with van der Waals surface area (Å²) in [6.07, 6.45) is 3.22. The highest BCUT2D eigenvalue weighted by molar-refractivity contribution is 14.0. The van der Waals surface area contributed by atoms with Crippen LogP contribution in [0.4, 0.5) is 0 Å². The highest BCUT2D eigenvalue weighted by Crippen LogP contribution is 2.19. The van der Waals surface area contributed by atoms with E-state index in [0.717, 1.165) is 23.0 Å². The Morgan fingerprint density at radius 2 is 1.87 bits per heavy atom. The average Bonchev–Trinajstić information content (AvgIpc) is 3.27. The molecule has 2 N–H and O–H groups in total. The Bertz CT molecular complexity index is 949. The zero-order valence-electron chi connectivity index (χ0n) is 18.0. The van der Waals surface area contributed by atoms with Crippen molar-refractivity contribution < 1.29 is 9.47 Å². The van der Waals surface area contributed by atoms with Gasteiger partial charge in [-0.2, -0.15) is 5.10 Å². The van der Waals surface area contributed by atoms with Gasteiger partial charge in [-0.1, -0.05) is 30.3 Å². The molecule has 0 radical (unpaired) electrons. The molecule has 0 saturated heterocycles. The molecule has 0 aliphatic carbocycles. The molecule has 166 valence electrons. The van der Waals surface area contributed by atoms with Crippen LogP contribution in [0.1, 0.15) is 18.1 Å². The van der Waals surface area contributed by atoms with Crippen LogP contribution in [0, 0.1) is 0 Å². The lowest BCUT2D eigenvalue weighted by Crippen LogP contribution is -2.41. The summed E-state index contributed by atoms with van der Waals surface area (Å²) in [4.78, 5) is 8.27. The monoisotopic (exact) mass is 536 g/mol. The van der Waals surface area contributed by atoms with Gasteiger partial charge in [0.15, 0.2) is 5.96 Å². The maximum Gasteiger partial charge on any atom is 0.191 e. The summed E-state index contributed by atoms with van der Waals surface area (Å²) in [5.41, 5.74) is 2.33. The number of rotatable bonds is 9. The van der Waals surface area contributed by atoms with E-state index in [0.29, 0.717) is 19.6 Å². The molecule has 1 atom stereocenters. The quantitative estimate of drug-likeness (QED) is 0.249. The highest BCUT2D eigenvalue weighted by Gasteiger charge is 2.07. The van der Waals surface area contributed by atoms with Crippen LogP contribution in [0.5, 0.6) is 11.5 Å². The van der Waals surface area contributed by atoms with Gasteiger partial charge in [0, 0.05) is 19.7 Å². The molecule has 0 saturated carbocycles. The minimum absolute atomic E-state index is 0. The first kappa shape index (κ1) is 24.4. The van der Waals surface area contributed by atoms with Crippen LogP contribution in [-0.2, 0) is 13.1 Å². The van der Waals surface area contributed by atoms with Crippen molar-refractivity contribution >= 4 is 29.9 Å². The van der Waals surface area contributed by atoms with E-state index in [4.69, 9.17) is 9.47 Å². The fraction of sp³-hybridized carbons (Fsp3) is 0.318. The summed E-state index contributed by atoms with van der Waals surface area (Å²) >= 11 is 0. The van der Waals surface area contributed by atoms with Gasteiger partial charge in [0.05, 0.1) is 20.2 Å². The Morgan fingerprint density at radius 3 is 2.61 bits per heavy atom. The van der Waals surface area contributed by atoms with Gasteiger partial charge in [-0.3, -0.25) is 4.99 Å². The molecule has 1 aromatic heterocycles. The second-order valence-corrected chi connectivity index (χ2v) is 6.83. The predicted molar refractivity (Wildman–Crippen MR) is 132 cm³/mol. The summed E-state index contributed by atoms with van der Waals surface area (Å²) in [6.45, 7) is 3.98. The minimum Gasteiger partial charge on any atom is -0.497 e. The summed E-state index contributed by atoms with van der Waals surface area (Å²) < 4.78 is 13.0. The maximum absolute atomic E-state index is 5.94. The number of guanidine groups is 1. The molecular weight excluding hydrogens is 507 g/mol. The van der Waals surface area contributed by atoms with E-state index in [1.54, 1.807) is 31.5 Å². The normalized spacial score (nSPS) is 11.9. The van der Waals surface area contributed by atoms with E-state index in [1.165, 1.54) is 5.56 Å². The van der Waals surface area contributed by atoms with Crippen molar-refractivity contribution in [2.24, 2.45) is 4.99 Å². The van der Waals surface area contributed by atoms with Crippen molar-refractivity contribution in [3.8, 4) is 11.5 Å². The number of ether oxygens (including phenoxy) is 2. The number of aromatic nitrogens is 3. The molecule has 0 aliphatic heterocycles. The van der Waals surface area contributed by atoms with Crippen LogP contribution in [0.15, 0.2) is 66.2 Å². The topological polar surface area (TPSA) is 85.6 Å². The van der Waals surface area contributed by atoms with Gasteiger partial charge >= 0.3 is 0 Å². The lowest BCUT2D eigenvalue weighted by atomic mass is 10.1. The molecule has 0 aliphatic rings. The molecule has 1 unspecified atom stereocenters. The Balaban J connectivity index is 0.00000341. The Morgan fingerprint density at radius 1 is 1.10 bits per heavy atom. The molecule has 9 heteroatoms. The zero-order valence-corrected chi connectivity index (χ0v) is 20.3. The van der Waals surface area contributed by atoms with Crippen molar-refractivity contribution in [2.75, 3.05) is 20.7 Å². The standard InChI is InChI=1S/C22H28N6O2.HI/c1-17(30-21-9-5-8-20(11-21)29-3)12-25-22(23-2)26-13-18-6-4-7-19(10-18)14-28-16-24-15-27-28;/h4-11,15-17H,12-14H2,1-3H3,(H2,23,25,26);1H. The number of aliphatic imine (C=N–C) groups is 1. The molecule has 2 aromatic carbocycles. The van der Waals surface area contributed by atoms with Gasteiger partial charge in [0.1, 0.15) is 30.3 Å². The molecule has 0 spiro atoms. The molecule has 1 heterocycles. The van der Waals surface area contributed by atoms with E-state index in [9.17, 15) is 0 Å². The van der Waals surface area contributed by atoms with Crippen LogP contribution in [0.25, 0.3) is 0 Å². The van der Waals surface area contributed by atoms with Gasteiger partial charge in [0.2, 0.25) is 0 Å². The minimum atomic E-state index is -0.0401. The molecule has 3 aromatic rings. The van der Waals surface area contributed by atoms with E-state index in [1.807, 2.05) is 37.3 Å². The largest absolute Gasteiger partial charge is 0.497 e. The summed E-state index contributed by atoms with van der Waals surface area (Å²) in [5.74, 6) is 2.27. The number of nitrogens with zero attached hydrogens (tertiary/aromatic N) is 4. The average molecular weight is 536 g/mol. The Kier molecular flexibility index (Phi) is 10.1. The second-order valence-electron chi connectivity index (χ2n) is 6.83. The lowest BCUT2D eigenvalue weighted by Gasteiger charge is -2.18. The molecule has 3 rings (SSSR count). The Hall–Kier alpha value is -2.82. The number of hydrogen-bond acceptors (Lipinski definition) is 5. The second kappa shape index (κ2) is 12.8. The van der Waals surface area contributed by atoms with E-state index in [-0.39, 0.29) is 30.1 Å². The summed E-state index contributed by atoms with van der Waals surface area (Å²) in [7, 11) is 3.40. The number of hydrogen-bond donors (Lipinski definition) is 2. The number of nitrogens with one attached hydrogen (secondary N) is 2. The highest BCUT2D eigenvalue weighted by atomic mass is 127. The van der Waals surface area contributed by atoms with Gasteiger partial charge < -0.3 is 20.1 Å². The molecular formula is C22H29IN6O2. The summed E-state index contributed by atoms with van der Waals surface area (Å²) in [6, 6.07) is 15.9. The van der Waals surface area contributed by atoms with E-state index in [2.05, 4.69) is 43.9 Å². The number of halogens is 1. The maximum atomic E-state index is 5.94. The zero-order chi connectivity index (χ0) is 21.2. The van der Waals surface area contributed by atoms with Crippen LogP contribution in [0.3, 0.4) is 0 Å². The van der Waals surface area contributed by atoms with E-state index < -0.39 is 0 Å². The fourth-order valence-corrected chi connectivity index (χ4v) is 2.93. The summed E-state index contributed by atoms with van der Waals surface area (Å²) in [5, 5.41) is 10.8. The van der Waals surface area contributed by atoms with Crippen molar-refractivity contribution in [1.82, 2.24) is 25.4 Å². The third-order valence-corrected chi connectivity index (χ3v) is 4.42. The molecule has 31 heavy (non-hydrogen) atoms. The third kappa shape index (κ3) is 8.08. The predicted octanol–water partition coefficient (Wildman–Crippen LogP) is 3.09. The van der Waals surface area contributed by atoms with Gasteiger partial charge in [-0.25, -0.2) is 9.67 Å². The van der Waals surface area contributed by atoms with Crippen LogP contribution >= 0.6 is 24.0 Å². The molecule has 0 fully saturated rings. The SMILES string of the molecule is CN=C(NCc1cccc(Cn2cncn2)c1)NCC(C)Oc1cccc(OC)c1.I. The van der Waals surface area contributed by atoms with E-state index >= 15 is 0 Å². The van der Waals surface area contributed by atoms with Crippen molar-refractivity contribution in [3.05, 3.63) is 72.3 Å². The third-order valence-electron chi connectivity index (χ3n) is 4.42. The van der Waals surface area contributed by atoms with Crippen LogP contribution in [0.2, 0.25) is 0 Å². The molecule has 8 nitrogen and oxygen atoms in total. The first-order valence-electron chi connectivity index (χ1n) is 9.81.